The second-order valence-electron chi connectivity index (χ2n) is 12.8. The van der Waals surface area contributed by atoms with Crippen molar-refractivity contribution in [2.24, 2.45) is 11.1 Å². The molecule has 2 unspecified atom stereocenters. The average Bonchev–Trinajstić information content (AvgIpc) is 2.96. The van der Waals surface area contributed by atoms with Gasteiger partial charge < -0.3 is 31.2 Å². The number of nitrogens with two attached hydrogens (primary N) is 1. The maximum atomic E-state index is 13.9. The second kappa shape index (κ2) is 19.8. The van der Waals surface area contributed by atoms with Gasteiger partial charge in [0.25, 0.3) is 0 Å². The van der Waals surface area contributed by atoms with E-state index in [2.05, 4.69) is 28.9 Å². The number of rotatable bonds is 19. The Labute approximate surface area is 269 Å². The van der Waals surface area contributed by atoms with Gasteiger partial charge in [-0.25, -0.2) is 4.79 Å². The van der Waals surface area contributed by atoms with Gasteiger partial charge in [-0.3, -0.25) is 14.4 Å². The van der Waals surface area contributed by atoms with E-state index >= 15 is 0 Å². The van der Waals surface area contributed by atoms with Crippen LogP contribution in [0.15, 0.2) is 30.3 Å². The van der Waals surface area contributed by atoms with Gasteiger partial charge >= 0.3 is 5.97 Å². The summed E-state index contributed by atoms with van der Waals surface area (Å²) in [6, 6.07) is 4.98. The van der Waals surface area contributed by atoms with Crippen molar-refractivity contribution in [3.8, 4) is 0 Å². The van der Waals surface area contributed by atoms with Crippen LogP contribution < -0.4 is 21.7 Å². The molecular formula is C35H56N4O6. The number of benzene rings is 1. The number of hydrogen-bond donors (Lipinski definition) is 4. The Kier molecular flexibility index (Phi) is 17.4. The van der Waals surface area contributed by atoms with Crippen LogP contribution in [0.5, 0.6) is 0 Å². The number of hydrogen-bond acceptors (Lipinski definition) is 7. The van der Waals surface area contributed by atoms with Gasteiger partial charge in [0.2, 0.25) is 17.7 Å². The fraction of sp³-hybridized carbons (Fsp3) is 0.629. The van der Waals surface area contributed by atoms with Crippen LogP contribution in [-0.4, -0.2) is 60.2 Å². The van der Waals surface area contributed by atoms with Crippen LogP contribution in [0.25, 0.3) is 5.57 Å². The summed E-state index contributed by atoms with van der Waals surface area (Å²) in [5.41, 5.74) is 8.00. The van der Waals surface area contributed by atoms with Gasteiger partial charge in [0.1, 0.15) is 23.9 Å². The lowest BCUT2D eigenvalue weighted by Gasteiger charge is -2.28. The van der Waals surface area contributed by atoms with E-state index in [1.807, 2.05) is 31.2 Å². The van der Waals surface area contributed by atoms with Crippen LogP contribution in [0.3, 0.4) is 0 Å². The number of carbonyl (C=O) groups is 5. The predicted octanol–water partition coefficient (Wildman–Crippen LogP) is 4.38. The molecule has 1 aromatic carbocycles. The number of allylic oxidation sites excluding steroid dienone is 1. The number of aryl methyl sites for hydroxylation is 1. The van der Waals surface area contributed by atoms with E-state index in [1.54, 1.807) is 34.6 Å². The number of ketones is 1. The molecule has 0 aliphatic rings. The van der Waals surface area contributed by atoms with E-state index in [0.29, 0.717) is 19.4 Å². The van der Waals surface area contributed by atoms with E-state index < -0.39 is 47.4 Å². The highest BCUT2D eigenvalue weighted by Gasteiger charge is 2.33. The summed E-state index contributed by atoms with van der Waals surface area (Å²) >= 11 is 0. The van der Waals surface area contributed by atoms with Gasteiger partial charge in [0.15, 0.2) is 0 Å². The highest BCUT2D eigenvalue weighted by Crippen LogP contribution is 2.26. The molecule has 10 nitrogen and oxygen atoms in total. The Balaban J connectivity index is 3.38. The molecule has 0 bridgehead atoms. The van der Waals surface area contributed by atoms with Gasteiger partial charge in [-0.05, 0) is 83.0 Å². The van der Waals surface area contributed by atoms with Crippen molar-refractivity contribution in [3.63, 3.8) is 0 Å². The quantitative estimate of drug-likeness (QED) is 0.131. The summed E-state index contributed by atoms with van der Waals surface area (Å²) in [6.45, 7) is 14.5. The van der Waals surface area contributed by atoms with Gasteiger partial charge in [0, 0.05) is 18.3 Å². The first-order valence-electron chi connectivity index (χ1n) is 16.2. The highest BCUT2D eigenvalue weighted by atomic mass is 16.5. The SMILES string of the molecule is C/C=C(/CC(NC(=O)C(C)(C)C)C(=O)N[C@@H](CCCCN)C(=O)NC(CCC(C)=O)C(=O)OC(C)C)c1ccccc1CCC. The lowest BCUT2D eigenvalue weighted by atomic mass is 9.90. The molecule has 3 amide bonds. The summed E-state index contributed by atoms with van der Waals surface area (Å²) in [5.74, 6) is -2.17. The standard InChI is InChI=1S/C35H56N4O6/c1-9-15-26-16-11-12-17-27(26)25(10-2)22-30(39-34(44)35(6,7)8)32(42)37-28(18-13-14-21-36)31(41)38-29(20-19-24(5)40)33(43)45-23(3)4/h10-12,16-17,23,28-30H,9,13-15,18-22,36H2,1-8H3,(H,37,42)(H,38,41)(H,39,44)/b25-10-/t28-,29?,30?/m0/s1. The molecule has 0 aliphatic heterocycles. The molecule has 252 valence electrons. The molecule has 45 heavy (non-hydrogen) atoms. The molecule has 10 heteroatoms. The molecule has 0 spiro atoms. The fourth-order valence-electron chi connectivity index (χ4n) is 4.73. The lowest BCUT2D eigenvalue weighted by molar-refractivity contribution is -0.152. The highest BCUT2D eigenvalue weighted by molar-refractivity contribution is 5.95. The average molecular weight is 629 g/mol. The van der Waals surface area contributed by atoms with Crippen molar-refractivity contribution < 1.29 is 28.7 Å². The monoisotopic (exact) mass is 628 g/mol. The Bertz CT molecular complexity index is 1170. The molecule has 0 aromatic heterocycles. The maximum absolute atomic E-state index is 13.9. The molecule has 1 rings (SSSR count). The van der Waals surface area contributed by atoms with E-state index in [4.69, 9.17) is 10.5 Å². The van der Waals surface area contributed by atoms with Gasteiger partial charge in [-0.1, -0.05) is 64.5 Å². The topological polar surface area (TPSA) is 157 Å². The summed E-state index contributed by atoms with van der Waals surface area (Å²) in [5, 5.41) is 8.47. The predicted molar refractivity (Wildman–Crippen MR) is 178 cm³/mol. The number of amides is 3. The molecule has 0 aliphatic carbocycles. The van der Waals surface area contributed by atoms with Crippen molar-refractivity contribution in [2.45, 2.75) is 131 Å². The van der Waals surface area contributed by atoms with Gasteiger partial charge in [0.05, 0.1) is 6.10 Å². The number of Topliss-reactive ketones (excluding diaryl/α,β-unsaturated/α-hetero) is 1. The third kappa shape index (κ3) is 14.4. The molecule has 0 saturated heterocycles. The molecule has 0 radical (unpaired) electrons. The largest absolute Gasteiger partial charge is 0.461 e. The van der Waals surface area contributed by atoms with Crippen molar-refractivity contribution >= 4 is 35.0 Å². The first-order valence-corrected chi connectivity index (χ1v) is 16.2. The molecule has 5 N–H and O–H groups in total. The Hall–Kier alpha value is -3.53. The minimum Gasteiger partial charge on any atom is -0.461 e. The third-order valence-corrected chi connectivity index (χ3v) is 7.28. The minimum absolute atomic E-state index is 0.0716. The van der Waals surface area contributed by atoms with Crippen molar-refractivity contribution in [2.75, 3.05) is 6.54 Å². The maximum Gasteiger partial charge on any atom is 0.328 e. The van der Waals surface area contributed by atoms with E-state index in [1.165, 1.54) is 6.92 Å². The molecule has 1 aromatic rings. The Morgan fingerprint density at radius 2 is 1.53 bits per heavy atom. The molecule has 0 saturated carbocycles. The minimum atomic E-state index is -1.06. The van der Waals surface area contributed by atoms with Crippen LogP contribution in [0, 0.1) is 5.41 Å². The molecule has 0 fully saturated rings. The van der Waals surface area contributed by atoms with Crippen LogP contribution in [-0.2, 0) is 35.1 Å². The lowest BCUT2D eigenvalue weighted by Crippen LogP contribution is -2.56. The number of esters is 1. The number of unbranched alkanes of at least 4 members (excludes halogenated alkanes) is 1. The Morgan fingerprint density at radius 3 is 2.09 bits per heavy atom. The zero-order valence-electron chi connectivity index (χ0n) is 28.6. The number of carbonyl (C=O) groups excluding carboxylic acids is 5. The van der Waals surface area contributed by atoms with Crippen LogP contribution in [0.4, 0.5) is 0 Å². The number of nitrogens with one attached hydrogen (secondary N) is 3. The summed E-state index contributed by atoms with van der Waals surface area (Å²) < 4.78 is 5.32. The summed E-state index contributed by atoms with van der Waals surface area (Å²) in [7, 11) is 0. The van der Waals surface area contributed by atoms with E-state index in [9.17, 15) is 24.0 Å². The second-order valence-corrected chi connectivity index (χ2v) is 12.8. The van der Waals surface area contributed by atoms with Crippen molar-refractivity contribution in [1.29, 1.82) is 0 Å². The van der Waals surface area contributed by atoms with Crippen molar-refractivity contribution in [1.82, 2.24) is 16.0 Å². The smallest absolute Gasteiger partial charge is 0.328 e. The number of ether oxygens (including phenoxy) is 1. The zero-order valence-corrected chi connectivity index (χ0v) is 28.6. The Morgan fingerprint density at radius 1 is 0.911 bits per heavy atom. The van der Waals surface area contributed by atoms with E-state index in [-0.39, 0.29) is 37.4 Å². The first kappa shape index (κ1) is 39.5. The molecular weight excluding hydrogens is 572 g/mol. The van der Waals surface area contributed by atoms with Gasteiger partial charge in [-0.2, -0.15) is 0 Å². The first-order chi connectivity index (χ1) is 21.1. The fourth-order valence-corrected chi connectivity index (χ4v) is 4.73. The molecule has 3 atom stereocenters. The summed E-state index contributed by atoms with van der Waals surface area (Å²) in [6.07, 6.45) is 5.16. The summed E-state index contributed by atoms with van der Waals surface area (Å²) in [4.78, 5) is 65.1. The van der Waals surface area contributed by atoms with Crippen LogP contribution >= 0.6 is 0 Å². The van der Waals surface area contributed by atoms with Crippen molar-refractivity contribution in [3.05, 3.63) is 41.5 Å². The van der Waals surface area contributed by atoms with E-state index in [0.717, 1.165) is 29.5 Å². The van der Waals surface area contributed by atoms with Crippen LogP contribution in [0.1, 0.15) is 111 Å². The zero-order chi connectivity index (χ0) is 34.2. The normalized spacial score (nSPS) is 13.9. The third-order valence-electron chi connectivity index (χ3n) is 7.28. The van der Waals surface area contributed by atoms with Crippen LogP contribution in [0.2, 0.25) is 0 Å². The molecule has 0 heterocycles. The van der Waals surface area contributed by atoms with Gasteiger partial charge in [-0.15, -0.1) is 0 Å².